The number of fused-ring (bicyclic) bond motifs is 1. The van der Waals surface area contributed by atoms with Crippen molar-refractivity contribution in [3.05, 3.63) is 83.4 Å². The molecule has 0 spiro atoms. The molecule has 1 aromatic heterocycles. The predicted octanol–water partition coefficient (Wildman–Crippen LogP) is 4.80. The summed E-state index contributed by atoms with van der Waals surface area (Å²) in [5.41, 5.74) is 4.70. The second kappa shape index (κ2) is 8.86. The lowest BCUT2D eigenvalue weighted by molar-refractivity contribution is 0.305. The summed E-state index contributed by atoms with van der Waals surface area (Å²) >= 11 is 5.47. The molecule has 2 atom stereocenters. The molecule has 2 unspecified atom stereocenters. The van der Waals surface area contributed by atoms with Crippen LogP contribution in [0, 0.1) is 0 Å². The number of alkyl halides is 1. The van der Waals surface area contributed by atoms with Gasteiger partial charge in [0.1, 0.15) is 18.4 Å². The molecule has 0 amide bonds. The fourth-order valence-electron chi connectivity index (χ4n) is 3.95. The number of thioether (sulfide) groups is 1. The highest BCUT2D eigenvalue weighted by atomic mass is 79.9. The van der Waals surface area contributed by atoms with E-state index in [1.807, 2.05) is 36.3 Å². The Morgan fingerprint density at radius 3 is 2.73 bits per heavy atom. The number of H-pyrrole nitrogens is 1. The number of aliphatic imine (C=N–C) groups is 1. The Kier molecular flexibility index (Phi) is 5.82. The number of aromatic nitrogens is 2. The summed E-state index contributed by atoms with van der Waals surface area (Å²) in [6, 6.07) is 18.7. The molecule has 2 aliphatic heterocycles. The average Bonchev–Trinajstić information content (AvgIpc) is 3.47. The topological polar surface area (TPSA) is 53.5 Å². The first-order valence-corrected chi connectivity index (χ1v) is 12.1. The lowest BCUT2D eigenvalue weighted by Crippen LogP contribution is -2.39. The lowest BCUT2D eigenvalue weighted by atomic mass is 9.96. The molecule has 1 N–H and O–H groups in total. The van der Waals surface area contributed by atoms with Gasteiger partial charge in [0.2, 0.25) is 0 Å². The Morgan fingerprint density at radius 1 is 1.13 bits per heavy atom. The van der Waals surface area contributed by atoms with Gasteiger partial charge in [0.25, 0.3) is 0 Å². The van der Waals surface area contributed by atoms with Gasteiger partial charge in [-0.25, -0.2) is 4.98 Å². The molecule has 5 rings (SSSR count). The van der Waals surface area contributed by atoms with Crippen LogP contribution in [0.1, 0.15) is 28.6 Å². The third-order valence-electron chi connectivity index (χ3n) is 5.49. The second-order valence-electron chi connectivity index (χ2n) is 7.47. The molecular formula is C23H23BrN4OS. The van der Waals surface area contributed by atoms with Gasteiger partial charge in [-0.2, -0.15) is 0 Å². The smallest absolute Gasteiger partial charge is 0.160 e. The fraction of sp³-hybridized carbons (Fsp3) is 0.304. The first-order valence-electron chi connectivity index (χ1n) is 10.1. The van der Waals surface area contributed by atoms with Crippen molar-refractivity contribution in [3.63, 3.8) is 0 Å². The third-order valence-corrected chi connectivity index (χ3v) is 7.92. The minimum atomic E-state index is 0.0727. The number of benzene rings is 2. The van der Waals surface area contributed by atoms with Crippen LogP contribution in [0.2, 0.25) is 0 Å². The first-order chi connectivity index (χ1) is 14.8. The molecule has 0 saturated heterocycles. The molecule has 30 heavy (non-hydrogen) atoms. The van der Waals surface area contributed by atoms with E-state index >= 15 is 0 Å². The van der Waals surface area contributed by atoms with E-state index < -0.39 is 0 Å². The van der Waals surface area contributed by atoms with Crippen molar-refractivity contribution in [3.8, 4) is 5.75 Å². The van der Waals surface area contributed by atoms with Gasteiger partial charge in [-0.1, -0.05) is 70.2 Å². The van der Waals surface area contributed by atoms with Gasteiger partial charge in [-0.3, -0.25) is 4.99 Å². The maximum atomic E-state index is 5.98. The number of hydrogen-bond acceptors (Lipinski definition) is 5. The summed E-state index contributed by atoms with van der Waals surface area (Å²) in [7, 11) is 0. The summed E-state index contributed by atoms with van der Waals surface area (Å²) in [6.45, 7) is 2.38. The summed E-state index contributed by atoms with van der Waals surface area (Å²) in [4.78, 5) is 15.2. The zero-order valence-corrected chi connectivity index (χ0v) is 18.9. The highest BCUT2D eigenvalue weighted by Gasteiger charge is 2.35. The van der Waals surface area contributed by atoms with Gasteiger partial charge in [-0.05, 0) is 23.3 Å². The Bertz CT molecular complexity index is 1020. The molecule has 0 fully saturated rings. The Balaban J connectivity index is 1.37. The lowest BCUT2D eigenvalue weighted by Gasteiger charge is -2.36. The van der Waals surface area contributed by atoms with Crippen molar-refractivity contribution in [1.29, 1.82) is 0 Å². The summed E-state index contributed by atoms with van der Waals surface area (Å²) in [5, 5.41) is 2.60. The van der Waals surface area contributed by atoms with Gasteiger partial charge in [-0.15, -0.1) is 0 Å². The van der Waals surface area contributed by atoms with Crippen molar-refractivity contribution >= 4 is 32.9 Å². The predicted molar refractivity (Wildman–Crippen MR) is 126 cm³/mol. The molecule has 154 valence electrons. The largest absolute Gasteiger partial charge is 0.489 e. The molecule has 7 heteroatoms. The second-order valence-corrected chi connectivity index (χ2v) is 9.39. The van der Waals surface area contributed by atoms with Gasteiger partial charge in [0, 0.05) is 29.2 Å². The van der Waals surface area contributed by atoms with Crippen LogP contribution in [0.4, 0.5) is 0 Å². The quantitative estimate of drug-likeness (QED) is 0.530. The number of aromatic amines is 1. The normalized spacial score (nSPS) is 20.7. The van der Waals surface area contributed by atoms with Gasteiger partial charge < -0.3 is 14.6 Å². The van der Waals surface area contributed by atoms with Gasteiger partial charge in [0.05, 0.1) is 18.6 Å². The highest BCUT2D eigenvalue weighted by Crippen LogP contribution is 2.38. The molecule has 2 aromatic carbocycles. The van der Waals surface area contributed by atoms with Crippen molar-refractivity contribution in [2.75, 3.05) is 18.4 Å². The number of nitrogens with one attached hydrogen (secondary N) is 1. The van der Waals surface area contributed by atoms with E-state index in [-0.39, 0.29) is 6.04 Å². The molecule has 0 bridgehead atoms. The number of hydrogen-bond donors (Lipinski definition) is 1. The number of halogens is 1. The Morgan fingerprint density at radius 2 is 1.97 bits per heavy atom. The van der Waals surface area contributed by atoms with Crippen LogP contribution >= 0.6 is 27.7 Å². The molecule has 3 heterocycles. The van der Waals surface area contributed by atoms with E-state index in [0.29, 0.717) is 11.9 Å². The number of ether oxygens (including phenoxy) is 1. The van der Waals surface area contributed by atoms with Crippen LogP contribution in [0.15, 0.2) is 65.9 Å². The minimum Gasteiger partial charge on any atom is -0.489 e. The maximum Gasteiger partial charge on any atom is 0.160 e. The third kappa shape index (κ3) is 4.01. The minimum absolute atomic E-state index is 0.0727. The molecule has 2 aliphatic rings. The van der Waals surface area contributed by atoms with Crippen LogP contribution in [0.5, 0.6) is 5.75 Å². The van der Waals surface area contributed by atoms with E-state index in [1.54, 1.807) is 0 Å². The van der Waals surface area contributed by atoms with E-state index in [0.717, 1.165) is 41.5 Å². The monoisotopic (exact) mass is 482 g/mol. The first kappa shape index (κ1) is 19.7. The standard InChI is InChI=1S/C23H23BrN4OS/c24-12-19-13-25-23(30-19)28-11-10-20-21(27-15-26-20)22(28)17-6-8-18(9-7-17)29-14-16-4-2-1-3-5-16/h1-9,15,19,22H,10-14H2,(H,26,27). The van der Waals surface area contributed by atoms with Crippen LogP contribution in [0.25, 0.3) is 0 Å². The molecule has 5 nitrogen and oxygen atoms in total. The van der Waals surface area contributed by atoms with E-state index in [4.69, 9.17) is 9.73 Å². The Labute approximate surface area is 189 Å². The van der Waals surface area contributed by atoms with E-state index in [9.17, 15) is 0 Å². The van der Waals surface area contributed by atoms with Crippen LogP contribution in [-0.2, 0) is 13.0 Å². The van der Waals surface area contributed by atoms with Crippen LogP contribution in [0.3, 0.4) is 0 Å². The SMILES string of the molecule is BrCC1CN=C(N2CCc3[nH]cnc3C2c2ccc(OCc3ccccc3)cc2)S1. The summed E-state index contributed by atoms with van der Waals surface area (Å²) in [6.07, 6.45) is 2.77. The zero-order valence-electron chi connectivity index (χ0n) is 16.5. The van der Waals surface area contributed by atoms with E-state index in [1.165, 1.54) is 16.8 Å². The van der Waals surface area contributed by atoms with Crippen molar-refractivity contribution in [1.82, 2.24) is 14.9 Å². The maximum absolute atomic E-state index is 5.98. The highest BCUT2D eigenvalue weighted by molar-refractivity contribution is 9.09. The van der Waals surface area contributed by atoms with Crippen molar-refractivity contribution in [2.24, 2.45) is 4.99 Å². The number of rotatable bonds is 5. The van der Waals surface area contributed by atoms with E-state index in [2.05, 4.69) is 67.2 Å². The van der Waals surface area contributed by atoms with Crippen molar-refractivity contribution in [2.45, 2.75) is 24.3 Å². The molecule has 0 saturated carbocycles. The average molecular weight is 483 g/mol. The molecule has 3 aromatic rings. The number of nitrogens with zero attached hydrogens (tertiary/aromatic N) is 3. The van der Waals surface area contributed by atoms with Gasteiger partial charge in [0.15, 0.2) is 5.17 Å². The van der Waals surface area contributed by atoms with Gasteiger partial charge >= 0.3 is 0 Å². The van der Waals surface area contributed by atoms with Crippen LogP contribution in [-0.4, -0.2) is 43.7 Å². The summed E-state index contributed by atoms with van der Waals surface area (Å²) in [5.74, 6) is 0.874. The molecule has 0 aliphatic carbocycles. The summed E-state index contributed by atoms with van der Waals surface area (Å²) < 4.78 is 5.98. The van der Waals surface area contributed by atoms with Crippen molar-refractivity contribution < 1.29 is 4.74 Å². The zero-order chi connectivity index (χ0) is 20.3. The number of amidine groups is 1. The fourth-order valence-corrected chi connectivity index (χ4v) is 5.54. The Hall–Kier alpha value is -2.25. The molecular weight excluding hydrogens is 460 g/mol. The number of imidazole rings is 1. The van der Waals surface area contributed by atoms with Crippen LogP contribution < -0.4 is 4.74 Å². The molecule has 0 radical (unpaired) electrons.